The lowest BCUT2D eigenvalue weighted by Gasteiger charge is -2.33. The fourth-order valence-electron chi connectivity index (χ4n) is 4.31. The first-order valence-electron chi connectivity index (χ1n) is 11.2. The lowest BCUT2D eigenvalue weighted by atomic mass is 9.94. The van der Waals surface area contributed by atoms with Crippen LogP contribution in [0.15, 0.2) is 65.4 Å². The molecule has 0 bridgehead atoms. The Kier molecular flexibility index (Phi) is 7.78. The predicted molar refractivity (Wildman–Crippen MR) is 131 cm³/mol. The maximum absolute atomic E-state index is 13.7. The number of carbonyl (C=O) groups excluding carboxylic acids is 2. The molecule has 0 unspecified atom stereocenters. The number of nitrogens with zero attached hydrogens (tertiary/aromatic N) is 1. The van der Waals surface area contributed by atoms with E-state index in [1.807, 2.05) is 16.8 Å². The molecular formula is C26H26ClFN2O2S. The van der Waals surface area contributed by atoms with Gasteiger partial charge < -0.3 is 5.32 Å². The molecule has 1 atom stereocenters. The molecule has 0 radical (unpaired) electrons. The maximum Gasteiger partial charge on any atom is 0.248 e. The molecule has 3 aromatic rings. The van der Waals surface area contributed by atoms with Crippen LogP contribution in [0, 0.1) is 5.82 Å². The topological polar surface area (TPSA) is 49.4 Å². The summed E-state index contributed by atoms with van der Waals surface area (Å²) in [7, 11) is 0. The summed E-state index contributed by atoms with van der Waals surface area (Å²) in [5.41, 5.74) is 1.95. The molecule has 2 amide bonds. The molecule has 1 aromatic heterocycles. The first-order chi connectivity index (χ1) is 16.0. The minimum atomic E-state index is -0.947. The van der Waals surface area contributed by atoms with Gasteiger partial charge >= 0.3 is 0 Å². The standard InChI is InChI=1S/C26H26ClFN2O2S/c27-20-5-4-8-23(16-20)30(24(31)15-18-13-14-33-17-18)25(19-9-11-21(28)12-10-19)26(32)29-22-6-2-1-3-7-22/h4-5,8-14,16-17,22,25H,1-3,6-7,15H2,(H,29,32)/t25-/m0/s1. The molecule has 33 heavy (non-hydrogen) atoms. The van der Waals surface area contributed by atoms with Gasteiger partial charge in [-0.05, 0) is 71.1 Å². The zero-order chi connectivity index (χ0) is 23.2. The van der Waals surface area contributed by atoms with Gasteiger partial charge in [-0.2, -0.15) is 11.3 Å². The van der Waals surface area contributed by atoms with Crippen LogP contribution in [0.25, 0.3) is 0 Å². The van der Waals surface area contributed by atoms with Gasteiger partial charge in [0.25, 0.3) is 0 Å². The number of nitrogens with one attached hydrogen (secondary N) is 1. The highest BCUT2D eigenvalue weighted by atomic mass is 35.5. The molecule has 4 rings (SSSR count). The average Bonchev–Trinajstić information content (AvgIpc) is 3.31. The molecule has 4 nitrogen and oxygen atoms in total. The molecule has 1 N–H and O–H groups in total. The van der Waals surface area contributed by atoms with Gasteiger partial charge in [-0.3, -0.25) is 14.5 Å². The van der Waals surface area contributed by atoms with Crippen LogP contribution in [0.2, 0.25) is 5.02 Å². The molecule has 0 saturated heterocycles. The minimum Gasteiger partial charge on any atom is -0.351 e. The monoisotopic (exact) mass is 484 g/mol. The fourth-order valence-corrected chi connectivity index (χ4v) is 5.16. The van der Waals surface area contributed by atoms with Crippen molar-refractivity contribution in [1.29, 1.82) is 0 Å². The van der Waals surface area contributed by atoms with Gasteiger partial charge in [-0.15, -0.1) is 0 Å². The second-order valence-electron chi connectivity index (χ2n) is 8.35. The molecule has 0 spiro atoms. The van der Waals surface area contributed by atoms with E-state index in [2.05, 4.69) is 5.32 Å². The second-order valence-corrected chi connectivity index (χ2v) is 9.57. The van der Waals surface area contributed by atoms with Gasteiger partial charge in [0.1, 0.15) is 11.9 Å². The van der Waals surface area contributed by atoms with Crippen LogP contribution in [0.3, 0.4) is 0 Å². The molecule has 0 aliphatic heterocycles. The molecule has 1 heterocycles. The van der Waals surface area contributed by atoms with Crippen molar-refractivity contribution in [3.63, 3.8) is 0 Å². The van der Waals surface area contributed by atoms with Crippen molar-refractivity contribution in [3.05, 3.63) is 87.3 Å². The van der Waals surface area contributed by atoms with Gasteiger partial charge in [0, 0.05) is 16.8 Å². The van der Waals surface area contributed by atoms with Crippen molar-refractivity contribution < 1.29 is 14.0 Å². The van der Waals surface area contributed by atoms with Crippen molar-refractivity contribution >= 4 is 40.4 Å². The number of benzene rings is 2. The van der Waals surface area contributed by atoms with Crippen molar-refractivity contribution in [1.82, 2.24) is 5.32 Å². The van der Waals surface area contributed by atoms with Crippen LogP contribution >= 0.6 is 22.9 Å². The third kappa shape index (κ3) is 6.01. The SMILES string of the molecule is O=C(NC1CCCCC1)[C@H](c1ccc(F)cc1)N(C(=O)Cc1ccsc1)c1cccc(Cl)c1. The number of amides is 2. The van der Waals surface area contributed by atoms with E-state index in [4.69, 9.17) is 11.6 Å². The Hall–Kier alpha value is -2.70. The van der Waals surface area contributed by atoms with E-state index in [1.54, 1.807) is 36.4 Å². The van der Waals surface area contributed by atoms with E-state index in [-0.39, 0.29) is 24.3 Å². The zero-order valence-electron chi connectivity index (χ0n) is 18.2. The van der Waals surface area contributed by atoms with Crippen LogP contribution in [-0.4, -0.2) is 17.9 Å². The van der Waals surface area contributed by atoms with Gasteiger partial charge in [0.15, 0.2) is 0 Å². The predicted octanol–water partition coefficient (Wildman–Crippen LogP) is 6.31. The summed E-state index contributed by atoms with van der Waals surface area (Å²) < 4.78 is 13.7. The highest BCUT2D eigenvalue weighted by molar-refractivity contribution is 7.08. The van der Waals surface area contributed by atoms with Crippen molar-refractivity contribution in [2.75, 3.05) is 4.90 Å². The van der Waals surface area contributed by atoms with Crippen LogP contribution in [0.5, 0.6) is 0 Å². The van der Waals surface area contributed by atoms with Crippen molar-refractivity contribution in [3.8, 4) is 0 Å². The molecule has 1 aliphatic rings. The van der Waals surface area contributed by atoms with Crippen molar-refractivity contribution in [2.45, 2.75) is 50.6 Å². The van der Waals surface area contributed by atoms with Gasteiger partial charge in [-0.1, -0.05) is 49.1 Å². The summed E-state index contributed by atoms with van der Waals surface area (Å²) in [6.07, 6.45) is 5.29. The molecule has 7 heteroatoms. The zero-order valence-corrected chi connectivity index (χ0v) is 19.7. The second kappa shape index (κ2) is 10.9. The Bertz CT molecular complexity index is 1080. The Morgan fingerprint density at radius 3 is 2.52 bits per heavy atom. The number of carbonyl (C=O) groups is 2. The van der Waals surface area contributed by atoms with Crippen LogP contribution in [-0.2, 0) is 16.0 Å². The number of hydrogen-bond acceptors (Lipinski definition) is 3. The molecule has 2 aromatic carbocycles. The van der Waals surface area contributed by atoms with E-state index in [0.29, 0.717) is 16.3 Å². The summed E-state index contributed by atoms with van der Waals surface area (Å²) in [5.74, 6) is -0.903. The van der Waals surface area contributed by atoms with Crippen LogP contribution in [0.1, 0.15) is 49.3 Å². The number of hydrogen-bond donors (Lipinski definition) is 1. The molecule has 172 valence electrons. The summed E-state index contributed by atoms with van der Waals surface area (Å²) in [6.45, 7) is 0. The van der Waals surface area contributed by atoms with Crippen LogP contribution in [0.4, 0.5) is 10.1 Å². The Morgan fingerprint density at radius 2 is 1.85 bits per heavy atom. The Labute approximate surface area is 202 Å². The van der Waals surface area contributed by atoms with E-state index >= 15 is 0 Å². The number of thiophene rings is 1. The fraction of sp³-hybridized carbons (Fsp3) is 0.308. The third-order valence-electron chi connectivity index (χ3n) is 5.93. The van der Waals surface area contributed by atoms with Gasteiger partial charge in [-0.25, -0.2) is 4.39 Å². The maximum atomic E-state index is 13.7. The van der Waals surface area contributed by atoms with E-state index in [9.17, 15) is 14.0 Å². The molecular weight excluding hydrogens is 459 g/mol. The first-order valence-corrected chi connectivity index (χ1v) is 12.5. The first kappa shape index (κ1) is 23.5. The summed E-state index contributed by atoms with van der Waals surface area (Å²) in [4.78, 5) is 28.8. The van der Waals surface area contributed by atoms with Crippen LogP contribution < -0.4 is 10.2 Å². The van der Waals surface area contributed by atoms with E-state index < -0.39 is 11.9 Å². The Balaban J connectivity index is 1.74. The third-order valence-corrected chi connectivity index (χ3v) is 6.90. The largest absolute Gasteiger partial charge is 0.351 e. The average molecular weight is 485 g/mol. The molecule has 1 fully saturated rings. The summed E-state index contributed by atoms with van der Waals surface area (Å²) >= 11 is 7.77. The summed E-state index contributed by atoms with van der Waals surface area (Å²) in [6, 6.07) is 13.7. The lowest BCUT2D eigenvalue weighted by molar-refractivity contribution is -0.127. The van der Waals surface area contributed by atoms with E-state index in [0.717, 1.165) is 31.2 Å². The summed E-state index contributed by atoms with van der Waals surface area (Å²) in [5, 5.41) is 7.45. The number of halogens is 2. The normalized spacial score (nSPS) is 15.1. The van der Waals surface area contributed by atoms with Crippen molar-refractivity contribution in [2.24, 2.45) is 0 Å². The molecule has 1 aliphatic carbocycles. The van der Waals surface area contributed by atoms with Gasteiger partial charge in [0.05, 0.1) is 6.42 Å². The quantitative estimate of drug-likeness (QED) is 0.427. The number of rotatable bonds is 7. The smallest absolute Gasteiger partial charge is 0.248 e. The highest BCUT2D eigenvalue weighted by Crippen LogP contribution is 2.31. The highest BCUT2D eigenvalue weighted by Gasteiger charge is 2.34. The van der Waals surface area contributed by atoms with E-state index in [1.165, 1.54) is 34.8 Å². The Morgan fingerprint density at radius 1 is 1.09 bits per heavy atom. The molecule has 1 saturated carbocycles. The van der Waals surface area contributed by atoms with Gasteiger partial charge in [0.2, 0.25) is 11.8 Å². The lowest BCUT2D eigenvalue weighted by Crippen LogP contribution is -2.47. The number of anilines is 1. The minimum absolute atomic E-state index is 0.0717.